The van der Waals surface area contributed by atoms with Gasteiger partial charge in [0.1, 0.15) is 5.01 Å². The first-order valence-electron chi connectivity index (χ1n) is 17.1. The van der Waals surface area contributed by atoms with Gasteiger partial charge in [-0.05, 0) is 121 Å². The summed E-state index contributed by atoms with van der Waals surface area (Å²) >= 11 is 7.89. The fourth-order valence-corrected chi connectivity index (χ4v) is 8.78. The number of nitrogens with zero attached hydrogens (tertiary/aromatic N) is 4. The SMILES string of the molecule is CCn1nc(C2CCN([C@@H]3CCNC3)CC2)c2cc(-c3nc4cc(C)c([C@H](OC(C)(C)C)C(=O)O)c(-c5ccc(Cl)cc5)c4s3)ccc21. The molecule has 3 aromatic carbocycles. The van der Waals surface area contributed by atoms with Crippen molar-refractivity contribution in [3.8, 4) is 21.7 Å². The van der Waals surface area contributed by atoms with Crippen molar-refractivity contribution in [1.29, 1.82) is 0 Å². The lowest BCUT2D eigenvalue weighted by Crippen LogP contribution is -2.42. The summed E-state index contributed by atoms with van der Waals surface area (Å²) in [4.78, 5) is 20.6. The van der Waals surface area contributed by atoms with Crippen molar-refractivity contribution in [2.45, 2.75) is 84.1 Å². The minimum Gasteiger partial charge on any atom is -0.479 e. The quantitative estimate of drug-likeness (QED) is 0.169. The molecule has 0 saturated carbocycles. The molecule has 0 unspecified atom stereocenters. The number of benzene rings is 3. The summed E-state index contributed by atoms with van der Waals surface area (Å²) in [6.45, 7) is 15.0. The summed E-state index contributed by atoms with van der Waals surface area (Å²) in [5.41, 5.74) is 6.73. The highest BCUT2D eigenvalue weighted by molar-refractivity contribution is 7.22. The van der Waals surface area contributed by atoms with E-state index in [1.54, 1.807) is 11.3 Å². The van der Waals surface area contributed by atoms with E-state index < -0.39 is 17.7 Å². The molecule has 0 aliphatic carbocycles. The summed E-state index contributed by atoms with van der Waals surface area (Å²) in [6.07, 6.45) is 2.32. The number of hydrogen-bond donors (Lipinski definition) is 2. The fourth-order valence-electron chi connectivity index (χ4n) is 7.53. The molecule has 2 aliphatic rings. The molecular formula is C38H44ClN5O3S. The van der Waals surface area contributed by atoms with Gasteiger partial charge < -0.3 is 15.2 Å². The van der Waals surface area contributed by atoms with Crippen molar-refractivity contribution < 1.29 is 14.6 Å². The molecular weight excluding hydrogens is 642 g/mol. The number of carboxylic acids is 1. The van der Waals surface area contributed by atoms with E-state index in [-0.39, 0.29) is 0 Å². The van der Waals surface area contributed by atoms with Crippen molar-refractivity contribution in [2.75, 3.05) is 26.2 Å². The van der Waals surface area contributed by atoms with E-state index in [0.29, 0.717) is 22.5 Å². The number of carboxylic acid groups (broad SMARTS) is 1. The van der Waals surface area contributed by atoms with Crippen molar-refractivity contribution >= 4 is 50.0 Å². The number of aliphatic carboxylic acids is 1. The van der Waals surface area contributed by atoms with Crippen LogP contribution >= 0.6 is 22.9 Å². The summed E-state index contributed by atoms with van der Waals surface area (Å²) in [5.74, 6) is -0.599. The third-order valence-corrected chi connectivity index (χ3v) is 11.2. The third kappa shape index (κ3) is 6.39. The van der Waals surface area contributed by atoms with E-state index in [1.165, 1.54) is 17.5 Å². The lowest BCUT2D eigenvalue weighted by molar-refractivity contribution is -0.160. The first-order chi connectivity index (χ1) is 23.0. The van der Waals surface area contributed by atoms with Gasteiger partial charge in [-0.1, -0.05) is 23.7 Å². The number of hydrogen-bond acceptors (Lipinski definition) is 7. The Labute approximate surface area is 291 Å². The van der Waals surface area contributed by atoms with Crippen molar-refractivity contribution in [3.05, 3.63) is 70.4 Å². The second kappa shape index (κ2) is 13.2. The maximum Gasteiger partial charge on any atom is 0.337 e. The highest BCUT2D eigenvalue weighted by Crippen LogP contribution is 2.45. The molecule has 10 heteroatoms. The van der Waals surface area contributed by atoms with Gasteiger partial charge in [-0.15, -0.1) is 11.3 Å². The van der Waals surface area contributed by atoms with Crippen LogP contribution in [0.25, 0.3) is 42.8 Å². The van der Waals surface area contributed by atoms with Gasteiger partial charge in [0.2, 0.25) is 0 Å². The van der Waals surface area contributed by atoms with Crippen LogP contribution in [0.4, 0.5) is 0 Å². The van der Waals surface area contributed by atoms with Crippen molar-refractivity contribution in [1.82, 2.24) is 25.0 Å². The zero-order valence-corrected chi connectivity index (χ0v) is 29.9. The zero-order chi connectivity index (χ0) is 33.7. The number of thiazole rings is 1. The van der Waals surface area contributed by atoms with Crippen molar-refractivity contribution in [2.24, 2.45) is 0 Å². The van der Waals surface area contributed by atoms with E-state index >= 15 is 0 Å². The maximum atomic E-state index is 12.8. The number of halogens is 1. The Morgan fingerprint density at radius 2 is 1.83 bits per heavy atom. The summed E-state index contributed by atoms with van der Waals surface area (Å²) < 4.78 is 9.26. The molecule has 2 saturated heterocycles. The van der Waals surface area contributed by atoms with Gasteiger partial charge in [0, 0.05) is 52.1 Å². The Balaban J connectivity index is 1.32. The van der Waals surface area contributed by atoms with E-state index in [1.807, 2.05) is 58.0 Å². The van der Waals surface area contributed by atoms with Crippen LogP contribution < -0.4 is 5.32 Å². The Kier molecular flexibility index (Phi) is 9.10. The minimum atomic E-state index is -1.15. The molecule has 0 spiro atoms. The molecule has 0 amide bonds. The van der Waals surface area contributed by atoms with Crippen LogP contribution in [0.5, 0.6) is 0 Å². The topological polar surface area (TPSA) is 92.5 Å². The number of rotatable bonds is 8. The van der Waals surface area contributed by atoms with Crippen LogP contribution in [-0.4, -0.2) is 68.6 Å². The number of nitrogens with one attached hydrogen (secondary N) is 1. The van der Waals surface area contributed by atoms with Crippen LogP contribution in [0.1, 0.15) is 75.8 Å². The number of likely N-dealkylation sites (tertiary alicyclic amines) is 1. The Morgan fingerprint density at radius 3 is 2.48 bits per heavy atom. The van der Waals surface area contributed by atoms with E-state index in [2.05, 4.69) is 40.0 Å². The molecule has 7 rings (SSSR count). The zero-order valence-electron chi connectivity index (χ0n) is 28.3. The highest BCUT2D eigenvalue weighted by atomic mass is 35.5. The number of aromatic nitrogens is 3. The van der Waals surface area contributed by atoms with Crippen LogP contribution in [0.2, 0.25) is 5.02 Å². The Hall–Kier alpha value is -3.34. The van der Waals surface area contributed by atoms with Gasteiger partial charge >= 0.3 is 5.97 Å². The molecule has 5 aromatic rings. The summed E-state index contributed by atoms with van der Waals surface area (Å²) in [7, 11) is 0. The molecule has 2 aromatic heterocycles. The number of ether oxygens (including phenoxy) is 1. The van der Waals surface area contributed by atoms with Crippen LogP contribution in [0.3, 0.4) is 0 Å². The molecule has 4 heterocycles. The molecule has 0 radical (unpaired) electrons. The molecule has 2 aliphatic heterocycles. The third-order valence-electron chi connectivity index (χ3n) is 9.81. The van der Waals surface area contributed by atoms with Gasteiger partial charge in [-0.25, -0.2) is 9.78 Å². The first-order valence-corrected chi connectivity index (χ1v) is 18.3. The molecule has 2 atom stereocenters. The number of fused-ring (bicyclic) bond motifs is 2. The highest BCUT2D eigenvalue weighted by Gasteiger charge is 2.33. The van der Waals surface area contributed by atoms with E-state index in [0.717, 1.165) is 88.6 Å². The molecule has 2 fully saturated rings. The van der Waals surface area contributed by atoms with Gasteiger partial charge in [0.05, 0.1) is 27.0 Å². The smallest absolute Gasteiger partial charge is 0.337 e. The lowest BCUT2D eigenvalue weighted by atomic mass is 9.90. The van der Waals surface area contributed by atoms with Gasteiger partial charge in [-0.2, -0.15) is 5.10 Å². The van der Waals surface area contributed by atoms with E-state index in [4.69, 9.17) is 26.4 Å². The molecule has 8 nitrogen and oxygen atoms in total. The second-order valence-electron chi connectivity index (χ2n) is 14.2. The largest absolute Gasteiger partial charge is 0.479 e. The second-order valence-corrected chi connectivity index (χ2v) is 15.6. The van der Waals surface area contributed by atoms with E-state index in [9.17, 15) is 9.90 Å². The number of carbonyl (C=O) groups is 1. The minimum absolute atomic E-state index is 0.425. The fraction of sp³-hybridized carbons (Fsp3) is 0.447. The summed E-state index contributed by atoms with van der Waals surface area (Å²) in [5, 5.41) is 21.8. The lowest BCUT2D eigenvalue weighted by Gasteiger charge is -2.35. The van der Waals surface area contributed by atoms with Crippen LogP contribution in [0.15, 0.2) is 48.5 Å². The maximum absolute atomic E-state index is 12.8. The van der Waals surface area contributed by atoms with Crippen LogP contribution in [0, 0.1) is 6.92 Å². The Bertz CT molecular complexity index is 1960. The molecule has 2 N–H and O–H groups in total. The van der Waals surface area contributed by atoms with Gasteiger partial charge in [-0.3, -0.25) is 9.58 Å². The number of piperidine rings is 1. The molecule has 252 valence electrons. The van der Waals surface area contributed by atoms with Gasteiger partial charge in [0.15, 0.2) is 6.10 Å². The molecule has 0 bridgehead atoms. The normalized spacial score (nSPS) is 18.7. The van der Waals surface area contributed by atoms with Crippen LogP contribution in [-0.2, 0) is 16.1 Å². The van der Waals surface area contributed by atoms with Crippen molar-refractivity contribution in [3.63, 3.8) is 0 Å². The van der Waals surface area contributed by atoms with Gasteiger partial charge in [0.25, 0.3) is 0 Å². The Morgan fingerprint density at radius 1 is 1.10 bits per heavy atom. The predicted molar refractivity (Wildman–Crippen MR) is 195 cm³/mol. The standard InChI is InChI=1S/C38H44ClN5O3S/c1-6-44-30-12-9-25(20-28(30)33(42-44)24-14-17-43(18-15-24)27-13-16-40-21-27)36-41-29-19-22(2)31(34(37(45)46)47-38(3,4)5)32(35(29)48-36)23-7-10-26(39)11-8-23/h7-12,19-20,24,27,34,40H,6,13-18,21H2,1-5H3,(H,45,46)/t27-,34+/m1/s1. The summed E-state index contributed by atoms with van der Waals surface area (Å²) in [6, 6.07) is 16.8. The molecule has 48 heavy (non-hydrogen) atoms. The average molecular weight is 686 g/mol. The average Bonchev–Trinajstić information content (AvgIpc) is 3.82. The monoisotopic (exact) mass is 685 g/mol. The predicted octanol–water partition coefficient (Wildman–Crippen LogP) is 8.44. The number of aryl methyl sites for hydroxylation is 2. The first kappa shape index (κ1) is 33.2.